The van der Waals surface area contributed by atoms with Crippen LogP contribution in [0, 0.1) is 0 Å². The number of para-hydroxylation sites is 1. The maximum absolute atomic E-state index is 12.9. The zero-order chi connectivity index (χ0) is 22.9. The number of carbonyl (C=O) groups is 1. The number of aromatic nitrogens is 2. The summed E-state index contributed by atoms with van der Waals surface area (Å²) in [5, 5.41) is 1.02. The molecule has 0 atom stereocenters. The van der Waals surface area contributed by atoms with E-state index in [4.69, 9.17) is 10.5 Å². The Balaban J connectivity index is 1.91. The lowest BCUT2D eigenvalue weighted by atomic mass is 9.90. The fourth-order valence-corrected chi connectivity index (χ4v) is 4.40. The first-order valence-corrected chi connectivity index (χ1v) is 11.0. The van der Waals surface area contributed by atoms with E-state index >= 15 is 0 Å². The van der Waals surface area contributed by atoms with Crippen LogP contribution in [0.15, 0.2) is 73.5 Å². The van der Waals surface area contributed by atoms with Crippen LogP contribution in [0.25, 0.3) is 11.0 Å². The number of rotatable bonds is 6. The van der Waals surface area contributed by atoms with E-state index in [2.05, 4.69) is 55.4 Å². The van der Waals surface area contributed by atoms with Crippen molar-refractivity contribution in [2.75, 3.05) is 11.4 Å². The third kappa shape index (κ3) is 3.77. The zero-order valence-electron chi connectivity index (χ0n) is 19.0. The van der Waals surface area contributed by atoms with Crippen LogP contribution in [0.5, 0.6) is 0 Å². The van der Waals surface area contributed by atoms with Crippen LogP contribution in [0.3, 0.4) is 0 Å². The fourth-order valence-electron chi connectivity index (χ4n) is 4.40. The molecule has 6 heteroatoms. The van der Waals surface area contributed by atoms with Crippen molar-refractivity contribution >= 4 is 22.8 Å². The Labute approximate surface area is 189 Å². The van der Waals surface area contributed by atoms with Crippen LogP contribution in [0.2, 0.25) is 0 Å². The Morgan fingerprint density at radius 3 is 2.31 bits per heavy atom. The van der Waals surface area contributed by atoms with E-state index in [1.54, 1.807) is 23.6 Å². The molecule has 0 fully saturated rings. The summed E-state index contributed by atoms with van der Waals surface area (Å²) >= 11 is 0. The Kier molecular flexibility index (Phi) is 5.78. The standard InChI is InChI=1S/C26H30N4O2/c1-18(2)21-8-5-9-22(19(3)4)23(21)29(25(27)31)17-26(11-15-32-16-12-26)30-14-10-20-7-6-13-28-24(20)30/h5-16,18-19H,17H2,1-4H3,(H2,27,31). The zero-order valence-corrected chi connectivity index (χ0v) is 19.0. The highest BCUT2D eigenvalue weighted by molar-refractivity contribution is 5.93. The summed E-state index contributed by atoms with van der Waals surface area (Å²) in [6, 6.07) is 11.7. The van der Waals surface area contributed by atoms with Gasteiger partial charge in [0.25, 0.3) is 0 Å². The van der Waals surface area contributed by atoms with Crippen LogP contribution in [0.4, 0.5) is 10.5 Å². The lowest BCUT2D eigenvalue weighted by Gasteiger charge is -2.38. The minimum Gasteiger partial charge on any atom is -0.473 e. The molecule has 166 valence electrons. The molecule has 0 saturated carbocycles. The molecular formula is C26H30N4O2. The van der Waals surface area contributed by atoms with Gasteiger partial charge in [-0.15, -0.1) is 0 Å². The van der Waals surface area contributed by atoms with Gasteiger partial charge in [0.1, 0.15) is 11.2 Å². The predicted molar refractivity (Wildman–Crippen MR) is 129 cm³/mol. The van der Waals surface area contributed by atoms with Gasteiger partial charge in [0.2, 0.25) is 0 Å². The first-order chi connectivity index (χ1) is 15.3. The van der Waals surface area contributed by atoms with E-state index in [0.29, 0.717) is 6.54 Å². The second-order valence-corrected chi connectivity index (χ2v) is 8.85. The first-order valence-electron chi connectivity index (χ1n) is 11.0. The molecule has 2 amide bonds. The van der Waals surface area contributed by atoms with Crippen LogP contribution < -0.4 is 10.6 Å². The SMILES string of the molecule is CC(C)c1cccc(C(C)C)c1N(CC1(n2ccc3cccnc32)C=COC=C1)C(N)=O. The van der Waals surface area contributed by atoms with Gasteiger partial charge in [-0.1, -0.05) is 45.9 Å². The Morgan fingerprint density at radius 1 is 1.06 bits per heavy atom. The lowest BCUT2D eigenvalue weighted by Crippen LogP contribution is -2.48. The van der Waals surface area contributed by atoms with Gasteiger partial charge in [-0.25, -0.2) is 9.78 Å². The molecule has 1 aromatic carbocycles. The minimum atomic E-state index is -0.707. The number of carbonyl (C=O) groups excluding carboxylic acids is 1. The maximum Gasteiger partial charge on any atom is 0.319 e. The quantitative estimate of drug-likeness (QED) is 0.551. The molecule has 2 aromatic heterocycles. The first kappa shape index (κ1) is 21.7. The van der Waals surface area contributed by atoms with E-state index < -0.39 is 11.6 Å². The number of urea groups is 1. The highest BCUT2D eigenvalue weighted by Crippen LogP contribution is 2.38. The van der Waals surface area contributed by atoms with E-state index in [1.165, 1.54) is 0 Å². The summed E-state index contributed by atoms with van der Waals surface area (Å²) in [7, 11) is 0. The number of nitrogens with two attached hydrogens (primary N) is 1. The monoisotopic (exact) mass is 430 g/mol. The van der Waals surface area contributed by atoms with Gasteiger partial charge in [-0.05, 0) is 53.3 Å². The van der Waals surface area contributed by atoms with Gasteiger partial charge >= 0.3 is 6.03 Å². The molecule has 1 aliphatic heterocycles. The largest absolute Gasteiger partial charge is 0.473 e. The average molecular weight is 431 g/mol. The highest BCUT2D eigenvalue weighted by Gasteiger charge is 2.36. The van der Waals surface area contributed by atoms with Crippen molar-refractivity contribution < 1.29 is 9.53 Å². The number of hydrogen-bond donors (Lipinski definition) is 1. The van der Waals surface area contributed by atoms with Crippen molar-refractivity contribution in [1.29, 1.82) is 0 Å². The molecular weight excluding hydrogens is 400 g/mol. The van der Waals surface area contributed by atoms with Crippen molar-refractivity contribution in [1.82, 2.24) is 9.55 Å². The van der Waals surface area contributed by atoms with Crippen LogP contribution in [0.1, 0.15) is 50.7 Å². The molecule has 0 saturated heterocycles. The summed E-state index contributed by atoms with van der Waals surface area (Å²) in [4.78, 5) is 19.2. The number of benzene rings is 1. The number of ether oxygens (including phenoxy) is 1. The van der Waals surface area contributed by atoms with Gasteiger partial charge < -0.3 is 15.0 Å². The van der Waals surface area contributed by atoms with Crippen LogP contribution >= 0.6 is 0 Å². The number of nitrogens with zero attached hydrogens (tertiary/aromatic N) is 3. The lowest BCUT2D eigenvalue weighted by molar-refractivity contribution is 0.251. The Morgan fingerprint density at radius 2 is 1.72 bits per heavy atom. The number of anilines is 1. The van der Waals surface area contributed by atoms with E-state index in [0.717, 1.165) is 27.8 Å². The molecule has 1 aliphatic rings. The molecule has 0 aliphatic carbocycles. The normalized spacial score (nSPS) is 14.8. The topological polar surface area (TPSA) is 73.4 Å². The van der Waals surface area contributed by atoms with Gasteiger partial charge in [0.15, 0.2) is 0 Å². The summed E-state index contributed by atoms with van der Waals surface area (Å²) in [6.45, 7) is 8.85. The minimum absolute atomic E-state index is 0.233. The number of amides is 2. The number of primary amides is 1. The summed E-state index contributed by atoms with van der Waals surface area (Å²) < 4.78 is 7.45. The highest BCUT2D eigenvalue weighted by atomic mass is 16.5. The van der Waals surface area contributed by atoms with E-state index in [9.17, 15) is 4.79 Å². The summed E-state index contributed by atoms with van der Waals surface area (Å²) in [5.74, 6) is 0.465. The third-order valence-corrected chi connectivity index (χ3v) is 6.06. The smallest absolute Gasteiger partial charge is 0.319 e. The van der Waals surface area contributed by atoms with Gasteiger partial charge in [-0.2, -0.15) is 0 Å². The Bertz CT molecular complexity index is 1150. The fraction of sp³-hybridized carbons (Fsp3) is 0.308. The van der Waals surface area contributed by atoms with Crippen molar-refractivity contribution in [3.8, 4) is 0 Å². The third-order valence-electron chi connectivity index (χ3n) is 6.06. The van der Waals surface area contributed by atoms with E-state index in [-0.39, 0.29) is 11.8 Å². The molecule has 3 heterocycles. The predicted octanol–water partition coefficient (Wildman–Crippen LogP) is 5.62. The van der Waals surface area contributed by atoms with Gasteiger partial charge in [0, 0.05) is 17.8 Å². The van der Waals surface area contributed by atoms with Crippen LogP contribution in [-0.4, -0.2) is 22.1 Å². The molecule has 0 radical (unpaired) electrons. The number of hydrogen-bond acceptors (Lipinski definition) is 3. The second kappa shape index (κ2) is 8.54. The molecule has 0 unspecified atom stereocenters. The van der Waals surface area contributed by atoms with Crippen molar-refractivity contribution in [2.24, 2.45) is 5.73 Å². The molecule has 2 N–H and O–H groups in total. The molecule has 0 bridgehead atoms. The Hall–Kier alpha value is -3.54. The maximum atomic E-state index is 12.9. The van der Waals surface area contributed by atoms with Gasteiger partial charge in [0.05, 0.1) is 24.8 Å². The molecule has 4 rings (SSSR count). The number of fused-ring (bicyclic) bond motifs is 1. The summed E-state index contributed by atoms with van der Waals surface area (Å²) in [5.41, 5.74) is 9.24. The van der Waals surface area contributed by atoms with Crippen molar-refractivity contribution in [3.63, 3.8) is 0 Å². The molecule has 6 nitrogen and oxygen atoms in total. The number of pyridine rings is 1. The molecule has 3 aromatic rings. The van der Waals surface area contributed by atoms with Gasteiger partial charge in [-0.3, -0.25) is 4.90 Å². The average Bonchev–Trinajstić information content (AvgIpc) is 3.22. The van der Waals surface area contributed by atoms with Crippen molar-refractivity contribution in [3.05, 3.63) is 84.6 Å². The van der Waals surface area contributed by atoms with Crippen molar-refractivity contribution in [2.45, 2.75) is 45.1 Å². The van der Waals surface area contributed by atoms with Crippen LogP contribution in [-0.2, 0) is 10.3 Å². The summed E-state index contributed by atoms with van der Waals surface area (Å²) in [6.07, 6.45) is 11.0. The van der Waals surface area contributed by atoms with E-state index in [1.807, 2.05) is 36.5 Å². The second-order valence-electron chi connectivity index (χ2n) is 8.85. The molecule has 0 spiro atoms. The molecule has 32 heavy (non-hydrogen) atoms.